The standard InChI is InChI=1S/C11H13ClO2S/c1-2-8-15(13,14)11(12)9-10-6-4-3-5-7-10/h2-7,11H,1,8-9H2. The highest BCUT2D eigenvalue weighted by molar-refractivity contribution is 7.93. The molecule has 1 aromatic rings. The molecule has 0 radical (unpaired) electrons. The quantitative estimate of drug-likeness (QED) is 0.589. The van der Waals surface area contributed by atoms with Gasteiger partial charge in [0.1, 0.15) is 4.71 Å². The van der Waals surface area contributed by atoms with Crippen LogP contribution in [0, 0.1) is 0 Å². The fraction of sp³-hybridized carbons (Fsp3) is 0.273. The Morgan fingerprint density at radius 2 is 1.93 bits per heavy atom. The maximum absolute atomic E-state index is 11.5. The van der Waals surface area contributed by atoms with E-state index in [4.69, 9.17) is 11.6 Å². The molecule has 0 fully saturated rings. The molecule has 0 aliphatic rings. The second-order valence-corrected chi connectivity index (χ2v) is 6.23. The zero-order valence-electron chi connectivity index (χ0n) is 8.27. The van der Waals surface area contributed by atoms with Gasteiger partial charge in [0.15, 0.2) is 9.84 Å². The van der Waals surface area contributed by atoms with E-state index in [0.717, 1.165) is 5.56 Å². The molecule has 0 saturated heterocycles. The fourth-order valence-electron chi connectivity index (χ4n) is 1.20. The summed E-state index contributed by atoms with van der Waals surface area (Å²) < 4.78 is 22.2. The number of halogens is 1. The number of benzene rings is 1. The average Bonchev–Trinajstić information content (AvgIpc) is 2.19. The van der Waals surface area contributed by atoms with E-state index in [9.17, 15) is 8.42 Å². The summed E-state index contributed by atoms with van der Waals surface area (Å²) in [7, 11) is -3.26. The molecule has 0 aliphatic carbocycles. The van der Waals surface area contributed by atoms with Crippen LogP contribution < -0.4 is 0 Å². The van der Waals surface area contributed by atoms with Crippen LogP contribution in [0.1, 0.15) is 5.56 Å². The molecular formula is C11H13ClO2S. The first-order valence-electron chi connectivity index (χ1n) is 4.56. The molecule has 0 amide bonds. The van der Waals surface area contributed by atoms with E-state index >= 15 is 0 Å². The largest absolute Gasteiger partial charge is 0.227 e. The molecule has 0 bridgehead atoms. The van der Waals surface area contributed by atoms with E-state index in [2.05, 4.69) is 6.58 Å². The fourth-order valence-corrected chi connectivity index (χ4v) is 2.58. The van der Waals surface area contributed by atoms with Crippen LogP contribution in [0.15, 0.2) is 43.0 Å². The number of sulfone groups is 1. The molecule has 0 aliphatic heterocycles. The lowest BCUT2D eigenvalue weighted by molar-refractivity contribution is 0.594. The van der Waals surface area contributed by atoms with Gasteiger partial charge in [-0.2, -0.15) is 0 Å². The molecule has 1 unspecified atom stereocenters. The summed E-state index contributed by atoms with van der Waals surface area (Å²) in [5, 5.41) is 0. The van der Waals surface area contributed by atoms with Crippen molar-refractivity contribution in [3.05, 3.63) is 48.6 Å². The Hall–Kier alpha value is -0.800. The van der Waals surface area contributed by atoms with Crippen molar-refractivity contribution in [2.75, 3.05) is 5.75 Å². The van der Waals surface area contributed by atoms with Gasteiger partial charge in [0.2, 0.25) is 0 Å². The zero-order chi connectivity index (χ0) is 11.3. The summed E-state index contributed by atoms with van der Waals surface area (Å²) >= 11 is 5.85. The Morgan fingerprint density at radius 3 is 2.47 bits per heavy atom. The van der Waals surface area contributed by atoms with Crippen molar-refractivity contribution in [2.45, 2.75) is 11.1 Å². The minimum Gasteiger partial charge on any atom is -0.227 e. The van der Waals surface area contributed by atoms with E-state index in [1.54, 1.807) is 0 Å². The Morgan fingerprint density at radius 1 is 1.33 bits per heavy atom. The van der Waals surface area contributed by atoms with Gasteiger partial charge in [-0.3, -0.25) is 0 Å². The molecule has 4 heteroatoms. The zero-order valence-corrected chi connectivity index (χ0v) is 9.84. The molecule has 82 valence electrons. The van der Waals surface area contributed by atoms with Crippen molar-refractivity contribution in [1.82, 2.24) is 0 Å². The number of hydrogen-bond donors (Lipinski definition) is 0. The number of alkyl halides is 1. The normalized spacial score (nSPS) is 13.4. The van der Waals surface area contributed by atoms with Gasteiger partial charge in [-0.1, -0.05) is 36.4 Å². The molecule has 0 heterocycles. The van der Waals surface area contributed by atoms with Gasteiger partial charge in [-0.25, -0.2) is 8.42 Å². The summed E-state index contributed by atoms with van der Waals surface area (Å²) in [5.74, 6) is -0.0754. The molecule has 1 rings (SSSR count). The molecule has 0 N–H and O–H groups in total. The maximum atomic E-state index is 11.5. The topological polar surface area (TPSA) is 34.1 Å². The molecule has 0 spiro atoms. The smallest absolute Gasteiger partial charge is 0.170 e. The SMILES string of the molecule is C=CCS(=O)(=O)C(Cl)Cc1ccccc1. The van der Waals surface area contributed by atoms with Crippen molar-refractivity contribution >= 4 is 21.4 Å². The van der Waals surface area contributed by atoms with Crippen molar-refractivity contribution in [3.8, 4) is 0 Å². The molecule has 0 saturated carbocycles. The Kier molecular flexibility index (Phi) is 4.36. The van der Waals surface area contributed by atoms with Crippen LogP contribution in [0.3, 0.4) is 0 Å². The van der Waals surface area contributed by atoms with Crippen molar-refractivity contribution in [2.24, 2.45) is 0 Å². The van der Waals surface area contributed by atoms with Gasteiger partial charge in [-0.15, -0.1) is 18.2 Å². The first-order chi connectivity index (χ1) is 7.06. The van der Waals surface area contributed by atoms with Gasteiger partial charge in [0.25, 0.3) is 0 Å². The van der Waals surface area contributed by atoms with Gasteiger partial charge in [0.05, 0.1) is 5.75 Å². The van der Waals surface area contributed by atoms with Crippen LogP contribution in [0.2, 0.25) is 0 Å². The third kappa shape index (κ3) is 3.68. The van der Waals surface area contributed by atoms with Crippen molar-refractivity contribution < 1.29 is 8.42 Å². The van der Waals surface area contributed by atoms with Gasteiger partial charge >= 0.3 is 0 Å². The first kappa shape index (κ1) is 12.3. The minimum atomic E-state index is -3.26. The highest BCUT2D eigenvalue weighted by atomic mass is 35.5. The lowest BCUT2D eigenvalue weighted by Crippen LogP contribution is -2.20. The third-order valence-corrected chi connectivity index (χ3v) is 4.59. The van der Waals surface area contributed by atoms with Crippen LogP contribution in [-0.4, -0.2) is 18.9 Å². The summed E-state index contributed by atoms with van der Waals surface area (Å²) in [5.41, 5.74) is 0.921. The molecule has 2 nitrogen and oxygen atoms in total. The van der Waals surface area contributed by atoms with Crippen molar-refractivity contribution in [1.29, 1.82) is 0 Å². The van der Waals surface area contributed by atoms with Crippen LogP contribution in [0.5, 0.6) is 0 Å². The lowest BCUT2D eigenvalue weighted by atomic mass is 10.2. The summed E-state index contributed by atoms with van der Waals surface area (Å²) in [6.07, 6.45) is 1.69. The summed E-state index contributed by atoms with van der Waals surface area (Å²) in [6, 6.07) is 9.32. The highest BCUT2D eigenvalue weighted by Gasteiger charge is 2.21. The van der Waals surface area contributed by atoms with E-state index in [-0.39, 0.29) is 5.75 Å². The molecular weight excluding hydrogens is 232 g/mol. The predicted octanol–water partition coefficient (Wildman–Crippen LogP) is 2.39. The van der Waals surface area contributed by atoms with Crippen LogP contribution in [-0.2, 0) is 16.3 Å². The van der Waals surface area contributed by atoms with Gasteiger partial charge in [-0.05, 0) is 5.56 Å². The van der Waals surface area contributed by atoms with E-state index in [0.29, 0.717) is 6.42 Å². The average molecular weight is 245 g/mol. The van der Waals surface area contributed by atoms with E-state index in [1.807, 2.05) is 30.3 Å². The van der Waals surface area contributed by atoms with Crippen molar-refractivity contribution in [3.63, 3.8) is 0 Å². The predicted molar refractivity (Wildman–Crippen MR) is 63.8 cm³/mol. The maximum Gasteiger partial charge on any atom is 0.170 e. The Labute approximate surface area is 95.5 Å². The lowest BCUT2D eigenvalue weighted by Gasteiger charge is -2.09. The molecule has 1 atom stereocenters. The molecule has 15 heavy (non-hydrogen) atoms. The molecule has 0 aromatic heterocycles. The van der Waals surface area contributed by atoms with Crippen LogP contribution in [0.4, 0.5) is 0 Å². The minimum absolute atomic E-state index is 0.0754. The van der Waals surface area contributed by atoms with Crippen LogP contribution >= 0.6 is 11.6 Å². The van der Waals surface area contributed by atoms with E-state index in [1.165, 1.54) is 6.08 Å². The number of hydrogen-bond acceptors (Lipinski definition) is 2. The van der Waals surface area contributed by atoms with Gasteiger partial charge in [0, 0.05) is 6.42 Å². The summed E-state index contributed by atoms with van der Waals surface area (Å²) in [4.78, 5) is 0. The highest BCUT2D eigenvalue weighted by Crippen LogP contribution is 2.14. The first-order valence-corrected chi connectivity index (χ1v) is 6.72. The Balaban J connectivity index is 2.72. The van der Waals surface area contributed by atoms with E-state index < -0.39 is 14.5 Å². The third-order valence-electron chi connectivity index (χ3n) is 1.98. The second kappa shape index (κ2) is 5.33. The summed E-state index contributed by atoms with van der Waals surface area (Å²) in [6.45, 7) is 3.40. The monoisotopic (exact) mass is 244 g/mol. The Bertz CT molecular complexity index is 411. The second-order valence-electron chi connectivity index (χ2n) is 3.22. The molecule has 1 aromatic carbocycles. The number of rotatable bonds is 5. The van der Waals surface area contributed by atoms with Crippen LogP contribution in [0.25, 0.3) is 0 Å². The van der Waals surface area contributed by atoms with Gasteiger partial charge < -0.3 is 0 Å².